The molecule has 0 saturated heterocycles. The number of aromatic nitrogens is 2. The van der Waals surface area contributed by atoms with Crippen LogP contribution in [0.1, 0.15) is 16.8 Å². The molecule has 1 heterocycles. The van der Waals surface area contributed by atoms with Crippen molar-refractivity contribution >= 4 is 23.2 Å². The lowest BCUT2D eigenvalue weighted by Gasteiger charge is -2.13. The van der Waals surface area contributed by atoms with Crippen LogP contribution in [0.25, 0.3) is 0 Å². The predicted molar refractivity (Wildman–Crippen MR) is 76.7 cm³/mol. The lowest BCUT2D eigenvalue weighted by molar-refractivity contribution is -0.138. The van der Waals surface area contributed by atoms with E-state index in [9.17, 15) is 13.2 Å². The number of hydrogen-bond acceptors (Lipinski definition) is 4. The molecule has 0 atom stereocenters. The Balaban J connectivity index is 2.17. The second-order valence-corrected chi connectivity index (χ2v) is 4.58. The second kappa shape index (κ2) is 6.04. The zero-order chi connectivity index (χ0) is 15.5. The average Bonchev–Trinajstić information content (AvgIpc) is 2.45. The van der Waals surface area contributed by atoms with Gasteiger partial charge in [0.05, 0.1) is 5.56 Å². The van der Waals surface area contributed by atoms with Crippen LogP contribution in [0, 0.1) is 0 Å². The highest BCUT2D eigenvalue weighted by atomic mass is 32.1. The second-order valence-electron chi connectivity index (χ2n) is 4.14. The van der Waals surface area contributed by atoms with Crippen molar-refractivity contribution in [2.45, 2.75) is 12.7 Å². The molecule has 0 bridgehead atoms. The Bertz CT molecular complexity index is 658. The maximum atomic E-state index is 12.9. The molecule has 4 nitrogen and oxygen atoms in total. The van der Waals surface area contributed by atoms with Gasteiger partial charge in [-0.15, -0.1) is 0 Å². The summed E-state index contributed by atoms with van der Waals surface area (Å²) < 4.78 is 38.6. The zero-order valence-corrected chi connectivity index (χ0v) is 11.5. The van der Waals surface area contributed by atoms with Crippen LogP contribution in [0.3, 0.4) is 0 Å². The number of benzene rings is 1. The van der Waals surface area contributed by atoms with Crippen molar-refractivity contribution in [2.75, 3.05) is 5.32 Å². The van der Waals surface area contributed by atoms with Crippen LogP contribution < -0.4 is 11.1 Å². The van der Waals surface area contributed by atoms with Gasteiger partial charge in [0.2, 0.25) is 5.95 Å². The molecule has 8 heteroatoms. The van der Waals surface area contributed by atoms with Gasteiger partial charge in [0.25, 0.3) is 0 Å². The third kappa shape index (κ3) is 3.88. The summed E-state index contributed by atoms with van der Waals surface area (Å²) in [5.74, 6) is 0.164. The summed E-state index contributed by atoms with van der Waals surface area (Å²) in [5, 5.41) is 2.73. The number of thiocarbonyl (C=S) groups is 1. The topological polar surface area (TPSA) is 63.8 Å². The Morgan fingerprint density at radius 3 is 2.62 bits per heavy atom. The SMILES string of the molecule is NC(=S)c1ccnc(NCc2ccccc2C(F)(F)F)n1. The van der Waals surface area contributed by atoms with E-state index in [0.717, 1.165) is 6.07 Å². The highest BCUT2D eigenvalue weighted by Crippen LogP contribution is 2.31. The number of nitrogens with zero attached hydrogens (tertiary/aromatic N) is 2. The molecule has 0 aliphatic carbocycles. The molecular weight excluding hydrogens is 301 g/mol. The van der Waals surface area contributed by atoms with E-state index in [1.807, 2.05) is 0 Å². The molecule has 1 aromatic carbocycles. The molecule has 2 rings (SSSR count). The van der Waals surface area contributed by atoms with Crippen molar-refractivity contribution in [1.29, 1.82) is 0 Å². The Morgan fingerprint density at radius 2 is 1.95 bits per heavy atom. The van der Waals surface area contributed by atoms with E-state index in [-0.39, 0.29) is 23.0 Å². The van der Waals surface area contributed by atoms with Gasteiger partial charge in [0, 0.05) is 12.7 Å². The zero-order valence-electron chi connectivity index (χ0n) is 10.7. The summed E-state index contributed by atoms with van der Waals surface area (Å²) in [6.07, 6.45) is -2.97. The summed E-state index contributed by atoms with van der Waals surface area (Å²) in [5.41, 5.74) is 5.20. The molecule has 0 amide bonds. The molecule has 3 N–H and O–H groups in total. The summed E-state index contributed by atoms with van der Waals surface area (Å²) in [6.45, 7) is -0.0591. The fourth-order valence-electron chi connectivity index (χ4n) is 1.71. The highest BCUT2D eigenvalue weighted by molar-refractivity contribution is 7.80. The van der Waals surface area contributed by atoms with Crippen molar-refractivity contribution < 1.29 is 13.2 Å². The molecule has 21 heavy (non-hydrogen) atoms. The van der Waals surface area contributed by atoms with Crippen molar-refractivity contribution in [3.63, 3.8) is 0 Å². The molecule has 0 spiro atoms. The average molecular weight is 312 g/mol. The van der Waals surface area contributed by atoms with E-state index < -0.39 is 11.7 Å². The summed E-state index contributed by atoms with van der Waals surface area (Å²) >= 11 is 4.78. The van der Waals surface area contributed by atoms with Crippen molar-refractivity contribution in [2.24, 2.45) is 5.73 Å². The molecule has 0 aliphatic rings. The highest BCUT2D eigenvalue weighted by Gasteiger charge is 2.32. The van der Waals surface area contributed by atoms with Gasteiger partial charge in [-0.3, -0.25) is 0 Å². The maximum Gasteiger partial charge on any atom is 0.416 e. The maximum absolute atomic E-state index is 12.9. The summed E-state index contributed by atoms with van der Waals surface area (Å²) in [7, 11) is 0. The van der Waals surface area contributed by atoms with Gasteiger partial charge >= 0.3 is 6.18 Å². The number of halogens is 3. The van der Waals surface area contributed by atoms with Gasteiger partial charge in [0.1, 0.15) is 10.7 Å². The fraction of sp³-hybridized carbons (Fsp3) is 0.154. The van der Waals surface area contributed by atoms with E-state index >= 15 is 0 Å². The number of rotatable bonds is 4. The standard InChI is InChI=1S/C13H11F3N4S/c14-13(15,16)9-4-2-1-3-8(9)7-19-12-18-6-5-10(20-12)11(17)21/h1-6H,7H2,(H2,17,21)(H,18,19,20). The third-order valence-electron chi connectivity index (χ3n) is 2.67. The van der Waals surface area contributed by atoms with E-state index in [1.54, 1.807) is 6.07 Å². The normalized spacial score (nSPS) is 11.2. The monoisotopic (exact) mass is 312 g/mol. The molecule has 0 saturated carbocycles. The first kappa shape index (κ1) is 15.2. The Kier molecular flexibility index (Phi) is 4.37. The molecule has 2 aromatic rings. The van der Waals surface area contributed by atoms with E-state index in [0.29, 0.717) is 5.69 Å². The minimum atomic E-state index is -4.40. The number of anilines is 1. The lowest BCUT2D eigenvalue weighted by atomic mass is 10.1. The summed E-state index contributed by atoms with van der Waals surface area (Å²) in [4.78, 5) is 8.01. The van der Waals surface area contributed by atoms with Crippen molar-refractivity contribution in [1.82, 2.24) is 9.97 Å². The summed E-state index contributed by atoms with van der Waals surface area (Å²) in [6, 6.07) is 6.84. The first-order chi connectivity index (χ1) is 9.88. The van der Waals surface area contributed by atoms with Crippen molar-refractivity contribution in [3.05, 3.63) is 53.3 Å². The number of alkyl halides is 3. The minimum absolute atomic E-state index is 0.0591. The first-order valence-electron chi connectivity index (χ1n) is 5.90. The fourth-order valence-corrected chi connectivity index (χ4v) is 1.82. The molecular formula is C13H11F3N4S. The van der Waals surface area contributed by atoms with Crippen molar-refractivity contribution in [3.8, 4) is 0 Å². The molecule has 0 radical (unpaired) electrons. The van der Waals surface area contributed by atoms with E-state index in [1.165, 1.54) is 24.4 Å². The van der Waals surface area contributed by atoms with Crippen LogP contribution >= 0.6 is 12.2 Å². The molecule has 1 aromatic heterocycles. The third-order valence-corrected chi connectivity index (χ3v) is 2.88. The van der Waals surface area contributed by atoms with E-state index in [2.05, 4.69) is 15.3 Å². The van der Waals surface area contributed by atoms with Crippen LogP contribution in [0.15, 0.2) is 36.5 Å². The van der Waals surface area contributed by atoms with Crippen LogP contribution in [0.2, 0.25) is 0 Å². The van der Waals surface area contributed by atoms with Gasteiger partial charge in [-0.1, -0.05) is 30.4 Å². The number of hydrogen-bond donors (Lipinski definition) is 2. The minimum Gasteiger partial charge on any atom is -0.388 e. The van der Waals surface area contributed by atoms with Crippen LogP contribution in [-0.4, -0.2) is 15.0 Å². The van der Waals surface area contributed by atoms with Gasteiger partial charge in [-0.2, -0.15) is 13.2 Å². The number of nitrogens with one attached hydrogen (secondary N) is 1. The molecule has 0 fully saturated rings. The smallest absolute Gasteiger partial charge is 0.388 e. The van der Waals surface area contributed by atoms with Crippen LogP contribution in [-0.2, 0) is 12.7 Å². The Labute approximate surface area is 124 Å². The van der Waals surface area contributed by atoms with Gasteiger partial charge in [-0.05, 0) is 17.7 Å². The number of nitrogens with two attached hydrogens (primary N) is 1. The van der Waals surface area contributed by atoms with Gasteiger partial charge < -0.3 is 11.1 Å². The Hall–Kier alpha value is -2.22. The quantitative estimate of drug-likeness (QED) is 0.850. The van der Waals surface area contributed by atoms with E-state index in [4.69, 9.17) is 18.0 Å². The Morgan fingerprint density at radius 1 is 1.24 bits per heavy atom. The largest absolute Gasteiger partial charge is 0.416 e. The van der Waals surface area contributed by atoms with Crippen LogP contribution in [0.4, 0.5) is 19.1 Å². The molecule has 0 unspecified atom stereocenters. The van der Waals surface area contributed by atoms with Crippen LogP contribution in [0.5, 0.6) is 0 Å². The van der Waals surface area contributed by atoms with Gasteiger partial charge in [-0.25, -0.2) is 9.97 Å². The predicted octanol–water partition coefficient (Wildman–Crippen LogP) is 2.74. The lowest BCUT2D eigenvalue weighted by Crippen LogP contribution is -2.15. The first-order valence-corrected chi connectivity index (χ1v) is 6.30. The molecule has 0 aliphatic heterocycles. The van der Waals surface area contributed by atoms with Gasteiger partial charge in [0.15, 0.2) is 0 Å². The molecule has 110 valence electrons.